The Bertz CT molecular complexity index is 567. The van der Waals surface area contributed by atoms with E-state index in [0.29, 0.717) is 22.3 Å². The van der Waals surface area contributed by atoms with Crippen LogP contribution in [0.3, 0.4) is 0 Å². The molecule has 0 aliphatic heterocycles. The molecule has 0 spiro atoms. The Labute approximate surface area is 122 Å². The van der Waals surface area contributed by atoms with Crippen molar-refractivity contribution in [2.24, 2.45) is 0 Å². The third-order valence-corrected chi connectivity index (χ3v) is 3.83. The molecule has 0 radical (unpaired) electrons. The van der Waals surface area contributed by atoms with Gasteiger partial charge in [0.05, 0.1) is 5.92 Å². The number of nitrogens with one attached hydrogen (secondary N) is 1. The SMILES string of the molecule is CNC(C)C(C)c1nc(Cc2c(F)cccc2Cl)no1. The normalized spacial score (nSPS) is 14.2. The maximum Gasteiger partial charge on any atom is 0.231 e. The van der Waals surface area contributed by atoms with Gasteiger partial charge in [0.25, 0.3) is 0 Å². The molecule has 0 saturated carbocycles. The molecule has 1 aromatic heterocycles. The van der Waals surface area contributed by atoms with Crippen LogP contribution in [-0.2, 0) is 6.42 Å². The first kappa shape index (κ1) is 14.9. The van der Waals surface area contributed by atoms with Crippen molar-refractivity contribution >= 4 is 11.6 Å². The number of nitrogens with zero attached hydrogens (tertiary/aromatic N) is 2. The van der Waals surface area contributed by atoms with Gasteiger partial charge in [-0.2, -0.15) is 4.98 Å². The second kappa shape index (κ2) is 6.33. The van der Waals surface area contributed by atoms with E-state index in [0.717, 1.165) is 0 Å². The summed E-state index contributed by atoms with van der Waals surface area (Å²) in [6, 6.07) is 4.79. The van der Waals surface area contributed by atoms with Gasteiger partial charge in [0.1, 0.15) is 5.82 Å². The van der Waals surface area contributed by atoms with Crippen molar-refractivity contribution in [2.45, 2.75) is 32.2 Å². The van der Waals surface area contributed by atoms with Crippen LogP contribution in [-0.4, -0.2) is 23.2 Å². The molecule has 2 aromatic rings. The first-order valence-electron chi connectivity index (χ1n) is 6.45. The zero-order valence-corrected chi connectivity index (χ0v) is 12.4. The highest BCUT2D eigenvalue weighted by Crippen LogP contribution is 2.23. The molecule has 4 nitrogen and oxygen atoms in total. The van der Waals surface area contributed by atoms with E-state index in [1.165, 1.54) is 6.07 Å². The van der Waals surface area contributed by atoms with Gasteiger partial charge in [0.15, 0.2) is 5.82 Å². The van der Waals surface area contributed by atoms with Crippen molar-refractivity contribution in [1.29, 1.82) is 0 Å². The van der Waals surface area contributed by atoms with Gasteiger partial charge in [-0.1, -0.05) is 29.7 Å². The molecule has 0 aliphatic rings. The van der Waals surface area contributed by atoms with Crippen molar-refractivity contribution in [2.75, 3.05) is 7.05 Å². The number of hydrogen-bond donors (Lipinski definition) is 1. The standard InChI is InChI=1S/C14H17ClFN3O/c1-8(9(2)17-3)14-18-13(19-20-14)7-10-11(15)5-4-6-12(10)16/h4-6,8-9,17H,7H2,1-3H3. The zero-order chi connectivity index (χ0) is 14.7. The van der Waals surface area contributed by atoms with E-state index >= 15 is 0 Å². The lowest BCUT2D eigenvalue weighted by atomic mass is 10.0. The molecule has 0 bridgehead atoms. The van der Waals surface area contributed by atoms with Crippen molar-refractivity contribution in [1.82, 2.24) is 15.5 Å². The van der Waals surface area contributed by atoms with Crippen molar-refractivity contribution in [3.8, 4) is 0 Å². The van der Waals surface area contributed by atoms with E-state index in [1.807, 2.05) is 20.9 Å². The molecule has 108 valence electrons. The maximum atomic E-state index is 13.7. The number of rotatable bonds is 5. The predicted octanol–water partition coefficient (Wildman–Crippen LogP) is 3.16. The quantitative estimate of drug-likeness (QED) is 0.921. The van der Waals surface area contributed by atoms with Gasteiger partial charge in [0.2, 0.25) is 5.89 Å². The summed E-state index contributed by atoms with van der Waals surface area (Å²) in [6.45, 7) is 4.02. The molecule has 2 unspecified atom stereocenters. The molecule has 20 heavy (non-hydrogen) atoms. The Kier molecular flexibility index (Phi) is 4.73. The van der Waals surface area contributed by atoms with E-state index in [9.17, 15) is 4.39 Å². The molecule has 2 atom stereocenters. The Morgan fingerprint density at radius 3 is 2.80 bits per heavy atom. The van der Waals surface area contributed by atoms with Crippen molar-refractivity contribution < 1.29 is 8.91 Å². The molecule has 0 aliphatic carbocycles. The van der Waals surface area contributed by atoms with Crippen LogP contribution in [0.5, 0.6) is 0 Å². The number of hydrogen-bond acceptors (Lipinski definition) is 4. The van der Waals surface area contributed by atoms with Crippen LogP contribution in [0, 0.1) is 5.82 Å². The second-order valence-electron chi connectivity index (χ2n) is 4.79. The highest BCUT2D eigenvalue weighted by Gasteiger charge is 2.20. The molecule has 1 heterocycles. The Morgan fingerprint density at radius 2 is 2.15 bits per heavy atom. The van der Waals surface area contributed by atoms with Gasteiger partial charge in [-0.25, -0.2) is 4.39 Å². The van der Waals surface area contributed by atoms with Crippen LogP contribution in [0.25, 0.3) is 0 Å². The molecular weight excluding hydrogens is 281 g/mol. The van der Waals surface area contributed by atoms with Crippen LogP contribution in [0.4, 0.5) is 4.39 Å². The van der Waals surface area contributed by atoms with Gasteiger partial charge in [0, 0.05) is 23.0 Å². The highest BCUT2D eigenvalue weighted by molar-refractivity contribution is 6.31. The number of benzene rings is 1. The third-order valence-electron chi connectivity index (χ3n) is 3.48. The molecule has 1 N–H and O–H groups in total. The van der Waals surface area contributed by atoms with E-state index in [-0.39, 0.29) is 24.2 Å². The summed E-state index contributed by atoms with van der Waals surface area (Å²) in [7, 11) is 1.87. The van der Waals surface area contributed by atoms with Gasteiger partial charge in [-0.15, -0.1) is 0 Å². The topological polar surface area (TPSA) is 51.0 Å². The summed E-state index contributed by atoms with van der Waals surface area (Å²) in [4.78, 5) is 4.31. The summed E-state index contributed by atoms with van der Waals surface area (Å²) in [6.07, 6.45) is 0.218. The second-order valence-corrected chi connectivity index (χ2v) is 5.20. The monoisotopic (exact) mass is 297 g/mol. The molecule has 0 fully saturated rings. The van der Waals surface area contributed by atoms with Gasteiger partial charge in [-0.3, -0.25) is 0 Å². The highest BCUT2D eigenvalue weighted by atomic mass is 35.5. The summed E-state index contributed by atoms with van der Waals surface area (Å²) >= 11 is 5.99. The summed E-state index contributed by atoms with van der Waals surface area (Å²) < 4.78 is 18.9. The minimum absolute atomic E-state index is 0.0809. The number of likely N-dealkylation sites (N-methyl/N-ethyl adjacent to an activating group) is 1. The van der Waals surface area contributed by atoms with Gasteiger partial charge >= 0.3 is 0 Å². The van der Waals surface area contributed by atoms with E-state index in [4.69, 9.17) is 16.1 Å². The first-order valence-corrected chi connectivity index (χ1v) is 6.83. The van der Waals surface area contributed by atoms with Gasteiger partial charge in [-0.05, 0) is 26.1 Å². The Balaban J connectivity index is 2.18. The zero-order valence-electron chi connectivity index (χ0n) is 11.7. The number of halogens is 2. The first-order chi connectivity index (χ1) is 9.52. The summed E-state index contributed by atoms with van der Waals surface area (Å²) in [5, 5.41) is 7.39. The average molecular weight is 298 g/mol. The molecule has 6 heteroatoms. The van der Waals surface area contributed by atoms with Crippen LogP contribution in [0.15, 0.2) is 22.7 Å². The smallest absolute Gasteiger partial charge is 0.231 e. The molecule has 0 amide bonds. The minimum Gasteiger partial charge on any atom is -0.339 e. The maximum absolute atomic E-state index is 13.7. The third kappa shape index (κ3) is 3.16. The Morgan fingerprint density at radius 1 is 1.40 bits per heavy atom. The van der Waals surface area contributed by atoms with Gasteiger partial charge < -0.3 is 9.84 Å². The fourth-order valence-electron chi connectivity index (χ4n) is 1.85. The molecule has 0 saturated heterocycles. The molecule has 1 aromatic carbocycles. The summed E-state index contributed by atoms with van der Waals surface area (Å²) in [5.74, 6) is 0.689. The Hall–Kier alpha value is -1.46. The minimum atomic E-state index is -0.361. The predicted molar refractivity (Wildman–Crippen MR) is 75.5 cm³/mol. The van der Waals surface area contributed by atoms with E-state index in [2.05, 4.69) is 15.5 Å². The fraction of sp³-hybridized carbons (Fsp3) is 0.429. The lowest BCUT2D eigenvalue weighted by Crippen LogP contribution is -2.27. The van der Waals surface area contributed by atoms with E-state index in [1.54, 1.807) is 12.1 Å². The molecular formula is C14H17ClFN3O. The fourth-order valence-corrected chi connectivity index (χ4v) is 2.08. The van der Waals surface area contributed by atoms with E-state index < -0.39 is 0 Å². The lowest BCUT2D eigenvalue weighted by Gasteiger charge is -2.14. The van der Waals surface area contributed by atoms with Crippen LogP contribution >= 0.6 is 11.6 Å². The average Bonchev–Trinajstić information content (AvgIpc) is 2.90. The molecule has 2 rings (SSSR count). The largest absolute Gasteiger partial charge is 0.339 e. The summed E-state index contributed by atoms with van der Waals surface area (Å²) in [5.41, 5.74) is 0.385. The number of aromatic nitrogens is 2. The van der Waals surface area contributed by atoms with Crippen molar-refractivity contribution in [3.63, 3.8) is 0 Å². The van der Waals surface area contributed by atoms with Crippen molar-refractivity contribution in [3.05, 3.63) is 46.3 Å². The lowest BCUT2D eigenvalue weighted by molar-refractivity contribution is 0.333. The van der Waals surface area contributed by atoms with Crippen LogP contribution in [0.2, 0.25) is 5.02 Å². The van der Waals surface area contributed by atoms with Crippen LogP contribution in [0.1, 0.15) is 37.0 Å². The van der Waals surface area contributed by atoms with Crippen LogP contribution < -0.4 is 5.32 Å².